The number of aromatic nitrogens is 5. The number of H-pyrrole nitrogens is 1. The Morgan fingerprint density at radius 2 is 2.19 bits per heavy atom. The van der Waals surface area contributed by atoms with Gasteiger partial charge < -0.3 is 15.4 Å². The van der Waals surface area contributed by atoms with Crippen molar-refractivity contribution in [1.82, 2.24) is 29.9 Å². The summed E-state index contributed by atoms with van der Waals surface area (Å²) >= 11 is 0. The van der Waals surface area contributed by atoms with Crippen molar-refractivity contribution in [2.75, 3.05) is 5.32 Å². The summed E-state index contributed by atoms with van der Waals surface area (Å²) in [7, 11) is 0. The summed E-state index contributed by atoms with van der Waals surface area (Å²) < 4.78 is 22.4. The van der Waals surface area contributed by atoms with E-state index in [9.17, 15) is 4.79 Å². The minimum atomic E-state index is -1.27. The molecule has 4 fully saturated rings. The number of hydrogen-bond donors (Lipinski definition) is 3. The van der Waals surface area contributed by atoms with Gasteiger partial charge in [0.1, 0.15) is 17.9 Å². The first-order chi connectivity index (χ1) is 15.0. The summed E-state index contributed by atoms with van der Waals surface area (Å²) in [6, 6.07) is 3.61. The number of carbonyl (C=O) groups excluding carboxylic acids is 1. The molecule has 162 valence electrons. The quantitative estimate of drug-likeness (QED) is 0.578. The number of nitrogens with one attached hydrogen (secondary N) is 3. The Balaban J connectivity index is 1.11. The van der Waals surface area contributed by atoms with Gasteiger partial charge in [0.15, 0.2) is 5.82 Å². The first kappa shape index (κ1) is 18.6. The Hall–Kier alpha value is -3.17. The zero-order chi connectivity index (χ0) is 21.2. The van der Waals surface area contributed by atoms with Crippen molar-refractivity contribution in [3.8, 4) is 0 Å². The van der Waals surface area contributed by atoms with Crippen LogP contribution in [-0.4, -0.2) is 48.5 Å². The molecular formula is C21H24FN7O2. The highest BCUT2D eigenvalue weighted by Gasteiger charge is 2.58. The molecule has 3 aromatic rings. The fourth-order valence-corrected chi connectivity index (χ4v) is 5.23. The second-order valence-corrected chi connectivity index (χ2v) is 9.17. The van der Waals surface area contributed by atoms with Crippen LogP contribution in [0.1, 0.15) is 49.4 Å². The molecule has 9 nitrogen and oxygen atoms in total. The number of nitrogens with zero attached hydrogens (tertiary/aromatic N) is 4. The van der Waals surface area contributed by atoms with Gasteiger partial charge in [-0.2, -0.15) is 5.10 Å². The third kappa shape index (κ3) is 3.12. The Kier molecular flexibility index (Phi) is 4.00. The number of hydrogen-bond acceptors (Lipinski definition) is 6. The Morgan fingerprint density at radius 3 is 2.97 bits per heavy atom. The van der Waals surface area contributed by atoms with Gasteiger partial charge in [-0.1, -0.05) is 0 Å². The summed E-state index contributed by atoms with van der Waals surface area (Å²) in [5, 5.41) is 13.3. The molecule has 0 radical (unpaired) electrons. The number of fused-ring (bicyclic) bond motifs is 1. The number of carbonyl (C=O) groups is 1. The molecule has 0 spiro atoms. The maximum atomic E-state index is 15.1. The molecule has 3 aromatic heterocycles. The van der Waals surface area contributed by atoms with Crippen LogP contribution in [0.3, 0.4) is 0 Å². The van der Waals surface area contributed by atoms with Crippen molar-refractivity contribution in [2.45, 2.75) is 62.8 Å². The van der Waals surface area contributed by atoms with E-state index in [1.807, 2.05) is 23.6 Å². The minimum absolute atomic E-state index is 0.0693. The molecule has 10 heteroatoms. The van der Waals surface area contributed by atoms with E-state index >= 15 is 4.39 Å². The Labute approximate surface area is 177 Å². The van der Waals surface area contributed by atoms with Crippen molar-refractivity contribution in [1.29, 1.82) is 0 Å². The second-order valence-electron chi connectivity index (χ2n) is 9.17. The summed E-state index contributed by atoms with van der Waals surface area (Å²) in [4.78, 5) is 21.0. The maximum Gasteiger partial charge on any atom is 0.407 e. The molecule has 1 amide bonds. The smallest absolute Gasteiger partial charge is 0.407 e. The molecular weight excluding hydrogens is 401 g/mol. The third-order valence-electron chi connectivity index (χ3n) is 6.90. The highest BCUT2D eigenvalue weighted by atomic mass is 19.1. The number of amides is 1. The van der Waals surface area contributed by atoms with E-state index in [-0.39, 0.29) is 5.54 Å². The van der Waals surface area contributed by atoms with Crippen LogP contribution in [0.2, 0.25) is 0 Å². The number of aryl methyl sites for hydroxylation is 1. The predicted octanol–water partition coefficient (Wildman–Crippen LogP) is 3.37. The van der Waals surface area contributed by atoms with Crippen molar-refractivity contribution in [3.63, 3.8) is 0 Å². The number of rotatable bonds is 5. The van der Waals surface area contributed by atoms with Crippen molar-refractivity contribution in [2.24, 2.45) is 5.92 Å². The molecule has 3 N–H and O–H groups in total. The van der Waals surface area contributed by atoms with Gasteiger partial charge in [0.05, 0.1) is 5.69 Å². The average molecular weight is 425 g/mol. The normalized spacial score (nSPS) is 31.2. The average Bonchev–Trinajstić information content (AvgIpc) is 3.37. The highest BCUT2D eigenvalue weighted by Crippen LogP contribution is 2.57. The van der Waals surface area contributed by atoms with Gasteiger partial charge in [-0.3, -0.25) is 9.50 Å². The number of alkyl halides is 1. The van der Waals surface area contributed by atoms with E-state index in [4.69, 9.17) is 4.74 Å². The lowest BCUT2D eigenvalue weighted by atomic mass is 9.50. The monoisotopic (exact) mass is 425 g/mol. The summed E-state index contributed by atoms with van der Waals surface area (Å²) in [5.41, 5.74) is 2.27. The van der Waals surface area contributed by atoms with Crippen LogP contribution < -0.4 is 10.6 Å². The fourth-order valence-electron chi connectivity index (χ4n) is 5.23. The standard InChI is InChI=1S/C21H24FN7O2/c1-11-10-29-17(24-11)4-5-23-19(29)25-16-6-14(27-28-16)13-2-3-15(18(13)22)31-20(30)26-21-7-12(8-21)9-21/h4-6,10,12-13,15,18H,2-3,7-9H2,1H3,(H,26,30)(H2,23,25,27,28)/t12?,13-,15-,18+,21?/m1/s1. The number of aromatic amines is 1. The van der Waals surface area contributed by atoms with Crippen LogP contribution in [0.5, 0.6) is 0 Å². The van der Waals surface area contributed by atoms with E-state index in [1.165, 1.54) is 0 Å². The molecule has 0 aliphatic heterocycles. The zero-order valence-electron chi connectivity index (χ0n) is 17.1. The first-order valence-corrected chi connectivity index (χ1v) is 10.7. The third-order valence-corrected chi connectivity index (χ3v) is 6.90. The molecule has 4 aliphatic rings. The van der Waals surface area contributed by atoms with Crippen molar-refractivity contribution in [3.05, 3.63) is 35.9 Å². The lowest BCUT2D eigenvalue weighted by Gasteiger charge is -2.61. The molecule has 31 heavy (non-hydrogen) atoms. The molecule has 7 rings (SSSR count). The predicted molar refractivity (Wildman–Crippen MR) is 110 cm³/mol. The summed E-state index contributed by atoms with van der Waals surface area (Å²) in [6.07, 6.45) is 5.21. The van der Waals surface area contributed by atoms with Crippen LogP contribution >= 0.6 is 0 Å². The van der Waals surface area contributed by atoms with Crippen LogP contribution in [-0.2, 0) is 4.74 Å². The van der Waals surface area contributed by atoms with Gasteiger partial charge in [-0.25, -0.2) is 19.2 Å². The van der Waals surface area contributed by atoms with Crippen LogP contribution in [0.4, 0.5) is 21.0 Å². The molecule has 2 bridgehead atoms. The molecule has 3 atom stereocenters. The summed E-state index contributed by atoms with van der Waals surface area (Å²) in [6.45, 7) is 1.92. The van der Waals surface area contributed by atoms with Crippen LogP contribution in [0.25, 0.3) is 5.65 Å². The number of halogens is 1. The first-order valence-electron chi connectivity index (χ1n) is 10.7. The van der Waals surface area contributed by atoms with Crippen LogP contribution in [0, 0.1) is 12.8 Å². The van der Waals surface area contributed by atoms with Gasteiger partial charge >= 0.3 is 6.09 Å². The Bertz CT molecular complexity index is 1140. The topological polar surface area (TPSA) is 109 Å². The molecule has 0 aromatic carbocycles. The van der Waals surface area contributed by atoms with Gasteiger partial charge in [0.2, 0.25) is 5.95 Å². The van der Waals surface area contributed by atoms with Gasteiger partial charge in [0, 0.05) is 35.6 Å². The second kappa shape index (κ2) is 6.66. The Morgan fingerprint density at radius 1 is 1.35 bits per heavy atom. The van der Waals surface area contributed by atoms with Crippen LogP contribution in [0.15, 0.2) is 24.5 Å². The fraction of sp³-hybridized carbons (Fsp3) is 0.524. The van der Waals surface area contributed by atoms with Crippen molar-refractivity contribution < 1.29 is 13.9 Å². The molecule has 4 saturated carbocycles. The molecule has 3 heterocycles. The van der Waals surface area contributed by atoms with Crippen molar-refractivity contribution >= 4 is 23.5 Å². The number of imidazole rings is 1. The van der Waals surface area contributed by atoms with E-state index in [0.29, 0.717) is 30.3 Å². The summed E-state index contributed by atoms with van der Waals surface area (Å²) in [5.74, 6) is 1.48. The van der Waals surface area contributed by atoms with Gasteiger partial charge in [-0.05, 0) is 51.0 Å². The highest BCUT2D eigenvalue weighted by molar-refractivity contribution is 5.69. The van der Waals surface area contributed by atoms with E-state index < -0.39 is 24.3 Å². The van der Waals surface area contributed by atoms with E-state index in [1.54, 1.807) is 12.3 Å². The lowest BCUT2D eigenvalue weighted by molar-refractivity contribution is -0.0532. The van der Waals surface area contributed by atoms with E-state index in [0.717, 1.165) is 36.5 Å². The largest absolute Gasteiger partial charge is 0.443 e. The number of alkyl carbamates (subject to hydrolysis) is 1. The lowest BCUT2D eigenvalue weighted by Crippen LogP contribution is -2.68. The van der Waals surface area contributed by atoms with Gasteiger partial charge in [0.25, 0.3) is 0 Å². The maximum absolute atomic E-state index is 15.1. The number of ether oxygens (including phenoxy) is 1. The van der Waals surface area contributed by atoms with E-state index in [2.05, 4.69) is 30.8 Å². The zero-order valence-corrected chi connectivity index (χ0v) is 17.1. The molecule has 0 saturated heterocycles. The molecule has 0 unspecified atom stereocenters. The molecule has 4 aliphatic carbocycles. The SMILES string of the molecule is Cc1cn2c(Nc3cc([C@H]4CC[C@@H](OC(=O)NC56CC(C5)C6)[C@H]4F)[nH]n3)nccc2n1. The number of anilines is 2. The van der Waals surface area contributed by atoms with Gasteiger partial charge in [-0.15, -0.1) is 0 Å². The minimum Gasteiger partial charge on any atom is -0.443 e.